The standard InChI is InChI=1S/C14H26N2/c1-11(2)15-9-13-6-5-7-14(8-13)10-16-12(3)4/h13-14H,5-10H2,1-4H3. The first kappa shape index (κ1) is 13.4. The van der Waals surface area contributed by atoms with Crippen molar-refractivity contribution in [1.82, 2.24) is 0 Å². The fraction of sp³-hybridized carbons (Fsp3) is 0.857. The van der Waals surface area contributed by atoms with Gasteiger partial charge in [0.25, 0.3) is 0 Å². The number of nitrogens with zero attached hydrogens (tertiary/aromatic N) is 2. The van der Waals surface area contributed by atoms with Gasteiger partial charge in [0.05, 0.1) is 0 Å². The highest BCUT2D eigenvalue weighted by Crippen LogP contribution is 2.29. The zero-order valence-corrected chi connectivity index (χ0v) is 11.3. The summed E-state index contributed by atoms with van der Waals surface area (Å²) < 4.78 is 0. The third-order valence-electron chi connectivity index (χ3n) is 3.22. The molecule has 0 aromatic rings. The van der Waals surface area contributed by atoms with Crippen LogP contribution >= 0.6 is 0 Å². The van der Waals surface area contributed by atoms with Crippen molar-refractivity contribution in [2.45, 2.75) is 53.4 Å². The van der Waals surface area contributed by atoms with Gasteiger partial charge in [-0.25, -0.2) is 0 Å². The van der Waals surface area contributed by atoms with E-state index in [4.69, 9.17) is 0 Å². The smallest absolute Gasteiger partial charge is 0.0416 e. The monoisotopic (exact) mass is 222 g/mol. The first-order valence-electron chi connectivity index (χ1n) is 6.53. The van der Waals surface area contributed by atoms with Crippen molar-refractivity contribution in [3.8, 4) is 0 Å². The molecule has 0 saturated heterocycles. The Morgan fingerprint density at radius 3 is 1.69 bits per heavy atom. The maximum Gasteiger partial charge on any atom is 0.0416 e. The molecule has 0 amide bonds. The van der Waals surface area contributed by atoms with Gasteiger partial charge in [-0.1, -0.05) is 6.42 Å². The largest absolute Gasteiger partial charge is 0.294 e. The average Bonchev–Trinajstić information content (AvgIpc) is 2.24. The lowest BCUT2D eigenvalue weighted by atomic mass is 9.81. The molecule has 0 aromatic heterocycles. The molecular weight excluding hydrogens is 196 g/mol. The Bertz CT molecular complexity index is 232. The van der Waals surface area contributed by atoms with Crippen molar-refractivity contribution in [2.24, 2.45) is 21.8 Å². The van der Waals surface area contributed by atoms with E-state index in [9.17, 15) is 0 Å². The molecule has 0 spiro atoms. The van der Waals surface area contributed by atoms with E-state index in [2.05, 4.69) is 37.7 Å². The van der Waals surface area contributed by atoms with E-state index in [1.54, 1.807) is 0 Å². The molecule has 1 saturated carbocycles. The second-order valence-electron chi connectivity index (χ2n) is 5.47. The molecular formula is C14H26N2. The molecule has 1 fully saturated rings. The van der Waals surface area contributed by atoms with E-state index in [1.165, 1.54) is 37.1 Å². The Hall–Kier alpha value is -0.660. The van der Waals surface area contributed by atoms with E-state index in [-0.39, 0.29) is 0 Å². The van der Waals surface area contributed by atoms with Crippen LogP contribution in [0, 0.1) is 11.8 Å². The second kappa shape index (κ2) is 6.82. The van der Waals surface area contributed by atoms with Crippen molar-refractivity contribution in [2.75, 3.05) is 13.1 Å². The van der Waals surface area contributed by atoms with Gasteiger partial charge in [0, 0.05) is 24.5 Å². The van der Waals surface area contributed by atoms with Crippen LogP contribution in [-0.2, 0) is 0 Å². The average molecular weight is 222 g/mol. The van der Waals surface area contributed by atoms with Crippen LogP contribution in [-0.4, -0.2) is 24.5 Å². The topological polar surface area (TPSA) is 24.7 Å². The van der Waals surface area contributed by atoms with Crippen LogP contribution in [0.3, 0.4) is 0 Å². The lowest BCUT2D eigenvalue weighted by molar-refractivity contribution is 0.278. The van der Waals surface area contributed by atoms with Gasteiger partial charge in [-0.2, -0.15) is 0 Å². The molecule has 0 heterocycles. The summed E-state index contributed by atoms with van der Waals surface area (Å²) in [5, 5.41) is 0. The SMILES string of the molecule is CC(C)=NCC1CCCC(CN=C(C)C)C1. The highest BCUT2D eigenvalue weighted by molar-refractivity contribution is 5.79. The molecule has 92 valence electrons. The molecule has 1 aliphatic carbocycles. The van der Waals surface area contributed by atoms with Gasteiger partial charge in [0.1, 0.15) is 0 Å². The van der Waals surface area contributed by atoms with Gasteiger partial charge in [0.15, 0.2) is 0 Å². The van der Waals surface area contributed by atoms with Crippen molar-refractivity contribution < 1.29 is 0 Å². The summed E-state index contributed by atoms with van der Waals surface area (Å²) in [6.07, 6.45) is 5.42. The highest BCUT2D eigenvalue weighted by atomic mass is 14.7. The van der Waals surface area contributed by atoms with Crippen molar-refractivity contribution in [1.29, 1.82) is 0 Å². The van der Waals surface area contributed by atoms with Gasteiger partial charge in [0.2, 0.25) is 0 Å². The third-order valence-corrected chi connectivity index (χ3v) is 3.22. The van der Waals surface area contributed by atoms with E-state index in [1.807, 2.05) is 0 Å². The zero-order chi connectivity index (χ0) is 12.0. The number of aliphatic imine (C=N–C) groups is 2. The minimum Gasteiger partial charge on any atom is -0.294 e. The predicted octanol–water partition coefficient (Wildman–Crippen LogP) is 3.75. The third kappa shape index (κ3) is 5.43. The molecule has 0 aromatic carbocycles. The fourth-order valence-corrected chi connectivity index (χ4v) is 2.36. The quantitative estimate of drug-likeness (QED) is 0.647. The van der Waals surface area contributed by atoms with E-state index in [0.717, 1.165) is 24.9 Å². The summed E-state index contributed by atoms with van der Waals surface area (Å²) in [6.45, 7) is 10.4. The van der Waals surface area contributed by atoms with Crippen LogP contribution in [0.4, 0.5) is 0 Å². The minimum atomic E-state index is 0.806. The van der Waals surface area contributed by atoms with Crippen molar-refractivity contribution in [3.63, 3.8) is 0 Å². The van der Waals surface area contributed by atoms with Crippen molar-refractivity contribution >= 4 is 11.4 Å². The van der Waals surface area contributed by atoms with Gasteiger partial charge in [-0.15, -0.1) is 0 Å². The molecule has 2 nitrogen and oxygen atoms in total. The zero-order valence-electron chi connectivity index (χ0n) is 11.3. The summed E-state index contributed by atoms with van der Waals surface area (Å²) in [5.74, 6) is 1.61. The van der Waals surface area contributed by atoms with E-state index < -0.39 is 0 Å². The van der Waals surface area contributed by atoms with Gasteiger partial charge < -0.3 is 0 Å². The lowest BCUT2D eigenvalue weighted by Crippen LogP contribution is -2.20. The Kier molecular flexibility index (Phi) is 5.72. The molecule has 16 heavy (non-hydrogen) atoms. The lowest BCUT2D eigenvalue weighted by Gasteiger charge is -2.27. The fourth-order valence-electron chi connectivity index (χ4n) is 2.36. The van der Waals surface area contributed by atoms with Crippen molar-refractivity contribution in [3.05, 3.63) is 0 Å². The predicted molar refractivity (Wildman–Crippen MR) is 72.7 cm³/mol. The first-order valence-corrected chi connectivity index (χ1v) is 6.53. The van der Waals surface area contributed by atoms with Gasteiger partial charge in [-0.3, -0.25) is 9.98 Å². The Labute approximate surface area is 100 Å². The molecule has 2 unspecified atom stereocenters. The number of hydrogen-bond acceptors (Lipinski definition) is 2. The minimum absolute atomic E-state index is 0.806. The molecule has 2 heteroatoms. The number of hydrogen-bond donors (Lipinski definition) is 0. The molecule has 2 atom stereocenters. The Morgan fingerprint density at radius 1 is 0.875 bits per heavy atom. The summed E-state index contributed by atoms with van der Waals surface area (Å²) in [7, 11) is 0. The highest BCUT2D eigenvalue weighted by Gasteiger charge is 2.21. The Balaban J connectivity index is 2.35. The summed E-state index contributed by atoms with van der Waals surface area (Å²) in [6, 6.07) is 0. The van der Waals surface area contributed by atoms with Crippen LogP contribution in [0.5, 0.6) is 0 Å². The Morgan fingerprint density at radius 2 is 1.31 bits per heavy atom. The molecule has 1 rings (SSSR count). The molecule has 0 aliphatic heterocycles. The van der Waals surface area contributed by atoms with Crippen LogP contribution in [0.15, 0.2) is 9.98 Å². The normalized spacial score (nSPS) is 25.0. The van der Waals surface area contributed by atoms with Crippen LogP contribution in [0.2, 0.25) is 0 Å². The van der Waals surface area contributed by atoms with Crippen LogP contribution in [0.1, 0.15) is 53.4 Å². The second-order valence-corrected chi connectivity index (χ2v) is 5.47. The maximum absolute atomic E-state index is 4.56. The summed E-state index contributed by atoms with van der Waals surface area (Å²) >= 11 is 0. The van der Waals surface area contributed by atoms with Gasteiger partial charge >= 0.3 is 0 Å². The van der Waals surface area contributed by atoms with Crippen LogP contribution in [0.25, 0.3) is 0 Å². The molecule has 0 N–H and O–H groups in total. The van der Waals surface area contributed by atoms with Crippen LogP contribution < -0.4 is 0 Å². The van der Waals surface area contributed by atoms with E-state index >= 15 is 0 Å². The maximum atomic E-state index is 4.56. The number of rotatable bonds is 4. The molecule has 1 aliphatic rings. The van der Waals surface area contributed by atoms with E-state index in [0.29, 0.717) is 0 Å². The molecule has 0 bridgehead atoms. The summed E-state index contributed by atoms with van der Waals surface area (Å²) in [4.78, 5) is 9.12. The first-order chi connectivity index (χ1) is 7.58. The molecule has 0 radical (unpaired) electrons. The summed E-state index contributed by atoms with van der Waals surface area (Å²) in [5.41, 5.74) is 2.43. The van der Waals surface area contributed by atoms with Gasteiger partial charge in [-0.05, 0) is 58.8 Å².